The van der Waals surface area contributed by atoms with Crippen molar-refractivity contribution in [2.75, 3.05) is 39.5 Å². The van der Waals surface area contributed by atoms with Gasteiger partial charge in [-0.05, 0) is 32.1 Å². The summed E-state index contributed by atoms with van der Waals surface area (Å²) in [5.74, 6) is -0.0550. The first-order chi connectivity index (χ1) is 17.7. The molecule has 0 unspecified atom stereocenters. The minimum atomic E-state index is -3.88. The number of allylic oxidation sites excluding steroid dienone is 2. The van der Waals surface area contributed by atoms with Crippen molar-refractivity contribution in [3.63, 3.8) is 0 Å². The Kier molecular flexibility index (Phi) is 23.5. The fourth-order valence-corrected chi connectivity index (χ4v) is 5.17. The Labute approximate surface area is 230 Å². The number of hydrogen-bond acceptors (Lipinski definition) is 3. The molecule has 0 aliphatic heterocycles. The summed E-state index contributed by atoms with van der Waals surface area (Å²) < 4.78 is 31.2. The van der Waals surface area contributed by atoms with Crippen molar-refractivity contribution in [1.82, 2.24) is 5.32 Å². The highest BCUT2D eigenvalue weighted by atomic mass is 32.2. The highest BCUT2D eigenvalue weighted by Gasteiger charge is 2.16. The van der Waals surface area contributed by atoms with Crippen molar-refractivity contribution in [2.24, 2.45) is 0 Å². The number of nitrogens with zero attached hydrogens (tertiary/aromatic N) is 1. The fraction of sp³-hybridized carbons (Fsp3) is 0.900. The van der Waals surface area contributed by atoms with Gasteiger partial charge in [-0.25, -0.2) is 0 Å². The number of amides is 1. The number of nitrogens with one attached hydrogen (secondary N) is 1. The number of unbranched alkanes of at least 4 members (excludes halogenated alkanes) is 15. The maximum absolute atomic E-state index is 12.0. The summed E-state index contributed by atoms with van der Waals surface area (Å²) in [4.78, 5) is 12.0. The standard InChI is InChI=1S/C30H60N2O4S/c1-4-5-6-7-8-9-10-11-12-13-14-15-16-17-18-19-20-21-22-25-30(33)31-26-23-27-32(2,3)28-24-29-37(34,35)36/h11-12H,4-10,13-29H2,1-3H3,(H-,31,33,34,35,36)/p+1/b12-11+. The van der Waals surface area contributed by atoms with E-state index >= 15 is 0 Å². The second-order valence-electron chi connectivity index (χ2n) is 11.5. The molecule has 37 heavy (non-hydrogen) atoms. The Bertz CT molecular complexity index is 662. The quantitative estimate of drug-likeness (QED) is 0.0486. The van der Waals surface area contributed by atoms with Gasteiger partial charge in [0.2, 0.25) is 5.91 Å². The number of quaternary nitrogens is 1. The maximum atomic E-state index is 12.0. The lowest BCUT2D eigenvalue weighted by atomic mass is 10.1. The first-order valence-corrected chi connectivity index (χ1v) is 17.0. The monoisotopic (exact) mass is 545 g/mol. The van der Waals surface area contributed by atoms with Gasteiger partial charge in [0, 0.05) is 25.8 Å². The van der Waals surface area contributed by atoms with Crippen LogP contribution in [0.5, 0.6) is 0 Å². The second-order valence-corrected chi connectivity index (χ2v) is 13.0. The Morgan fingerprint density at radius 2 is 1.16 bits per heavy atom. The normalized spacial score (nSPS) is 12.4. The van der Waals surface area contributed by atoms with E-state index in [-0.39, 0.29) is 11.7 Å². The summed E-state index contributed by atoms with van der Waals surface area (Å²) in [6.45, 7) is 4.48. The molecule has 0 radical (unpaired) electrons. The molecule has 2 N–H and O–H groups in total. The van der Waals surface area contributed by atoms with Crippen LogP contribution in [0.1, 0.15) is 135 Å². The predicted octanol–water partition coefficient (Wildman–Crippen LogP) is 7.44. The molecule has 0 bridgehead atoms. The molecule has 0 aromatic rings. The van der Waals surface area contributed by atoms with Crippen molar-refractivity contribution in [3.05, 3.63) is 12.2 Å². The van der Waals surface area contributed by atoms with Gasteiger partial charge in [-0.15, -0.1) is 0 Å². The third kappa shape index (κ3) is 29.5. The van der Waals surface area contributed by atoms with E-state index in [1.165, 1.54) is 96.3 Å². The molecule has 0 saturated carbocycles. The van der Waals surface area contributed by atoms with E-state index < -0.39 is 10.1 Å². The topological polar surface area (TPSA) is 83.5 Å². The van der Waals surface area contributed by atoms with Gasteiger partial charge in [-0.3, -0.25) is 9.35 Å². The molecule has 0 heterocycles. The Morgan fingerprint density at radius 3 is 1.68 bits per heavy atom. The van der Waals surface area contributed by atoms with Gasteiger partial charge in [0.05, 0.1) is 32.9 Å². The third-order valence-electron chi connectivity index (χ3n) is 7.09. The second kappa shape index (κ2) is 24.1. The van der Waals surface area contributed by atoms with Crippen molar-refractivity contribution in [3.8, 4) is 0 Å². The number of carbonyl (C=O) groups is 1. The molecule has 6 nitrogen and oxygen atoms in total. The molecule has 0 aromatic heterocycles. The van der Waals surface area contributed by atoms with Gasteiger partial charge in [0.1, 0.15) is 0 Å². The molecular weight excluding hydrogens is 484 g/mol. The zero-order chi connectivity index (χ0) is 27.7. The minimum absolute atomic E-state index is 0.137. The Morgan fingerprint density at radius 1 is 0.703 bits per heavy atom. The van der Waals surface area contributed by atoms with Crippen molar-refractivity contribution in [1.29, 1.82) is 0 Å². The smallest absolute Gasteiger partial charge is 0.265 e. The summed E-state index contributed by atoms with van der Waals surface area (Å²) in [6, 6.07) is 0. The lowest BCUT2D eigenvalue weighted by Gasteiger charge is -2.29. The van der Waals surface area contributed by atoms with E-state index in [0.717, 1.165) is 25.8 Å². The molecular formula is C30H61N2O4S+. The van der Waals surface area contributed by atoms with Crippen LogP contribution in [-0.2, 0) is 14.9 Å². The van der Waals surface area contributed by atoms with Crippen molar-refractivity contribution >= 4 is 16.0 Å². The van der Waals surface area contributed by atoms with Crippen LogP contribution in [0.4, 0.5) is 0 Å². The van der Waals surface area contributed by atoms with Crippen LogP contribution < -0.4 is 5.32 Å². The lowest BCUT2D eigenvalue weighted by molar-refractivity contribution is -0.890. The van der Waals surface area contributed by atoms with Gasteiger partial charge in [0.15, 0.2) is 0 Å². The van der Waals surface area contributed by atoms with E-state index in [4.69, 9.17) is 4.55 Å². The van der Waals surface area contributed by atoms with Crippen molar-refractivity contribution in [2.45, 2.75) is 135 Å². The first-order valence-electron chi connectivity index (χ1n) is 15.3. The molecule has 0 aliphatic rings. The van der Waals surface area contributed by atoms with Crippen LogP contribution in [-0.4, -0.2) is 62.8 Å². The van der Waals surface area contributed by atoms with Gasteiger partial charge in [-0.2, -0.15) is 8.42 Å². The van der Waals surface area contributed by atoms with E-state index in [0.29, 0.717) is 30.4 Å². The lowest BCUT2D eigenvalue weighted by Crippen LogP contribution is -2.43. The molecule has 0 atom stereocenters. The predicted molar refractivity (Wildman–Crippen MR) is 158 cm³/mol. The molecule has 0 saturated heterocycles. The van der Waals surface area contributed by atoms with Crippen molar-refractivity contribution < 1.29 is 22.2 Å². The Hall–Kier alpha value is -0.920. The summed E-state index contributed by atoms with van der Waals surface area (Å²) in [7, 11) is 0.207. The first kappa shape index (κ1) is 36.1. The van der Waals surface area contributed by atoms with Crippen LogP contribution >= 0.6 is 0 Å². The molecule has 0 spiro atoms. The molecule has 7 heteroatoms. The van der Waals surface area contributed by atoms with E-state index in [9.17, 15) is 13.2 Å². The van der Waals surface area contributed by atoms with E-state index in [1.54, 1.807) is 0 Å². The number of rotatable bonds is 27. The van der Waals surface area contributed by atoms with Crippen LogP contribution in [0.15, 0.2) is 12.2 Å². The zero-order valence-corrected chi connectivity index (χ0v) is 25.5. The fourth-order valence-electron chi connectivity index (χ4n) is 4.67. The van der Waals surface area contributed by atoms with Crippen LogP contribution in [0.2, 0.25) is 0 Å². The average Bonchev–Trinajstić information content (AvgIpc) is 2.82. The van der Waals surface area contributed by atoms with E-state index in [1.807, 2.05) is 14.1 Å². The highest BCUT2D eigenvalue weighted by molar-refractivity contribution is 7.85. The largest absolute Gasteiger partial charge is 0.356 e. The molecule has 0 aliphatic carbocycles. The summed E-state index contributed by atoms with van der Waals surface area (Å²) in [5.41, 5.74) is 0. The maximum Gasteiger partial charge on any atom is 0.265 e. The van der Waals surface area contributed by atoms with E-state index in [2.05, 4.69) is 24.4 Å². The number of hydrogen-bond donors (Lipinski definition) is 2. The zero-order valence-electron chi connectivity index (χ0n) is 24.7. The molecule has 0 aromatic carbocycles. The van der Waals surface area contributed by atoms with Gasteiger partial charge < -0.3 is 9.80 Å². The minimum Gasteiger partial charge on any atom is -0.356 e. The molecule has 0 fully saturated rings. The van der Waals surface area contributed by atoms with Gasteiger partial charge >= 0.3 is 0 Å². The Balaban J connectivity index is 3.40. The molecule has 1 amide bonds. The van der Waals surface area contributed by atoms with Gasteiger partial charge in [-0.1, -0.05) is 96.1 Å². The summed E-state index contributed by atoms with van der Waals surface area (Å²) in [5, 5.41) is 3.00. The van der Waals surface area contributed by atoms with Crippen LogP contribution in [0.25, 0.3) is 0 Å². The van der Waals surface area contributed by atoms with Crippen LogP contribution in [0, 0.1) is 0 Å². The highest BCUT2D eigenvalue weighted by Crippen LogP contribution is 2.12. The summed E-state index contributed by atoms with van der Waals surface area (Å²) in [6.07, 6.45) is 28.8. The van der Waals surface area contributed by atoms with Gasteiger partial charge in [0.25, 0.3) is 10.1 Å². The average molecular weight is 546 g/mol. The summed E-state index contributed by atoms with van der Waals surface area (Å²) >= 11 is 0. The number of carbonyl (C=O) groups excluding carboxylic acids is 1. The SMILES string of the molecule is CCCCCCCC/C=C/CCCCCCCCCCCC(=O)NCCC[N+](C)(C)CCCS(=O)(=O)O. The van der Waals surface area contributed by atoms with Crippen LogP contribution in [0.3, 0.4) is 0 Å². The molecule has 0 rings (SSSR count). The molecule has 220 valence electrons. The third-order valence-corrected chi connectivity index (χ3v) is 7.90.